The van der Waals surface area contributed by atoms with Gasteiger partial charge in [0.15, 0.2) is 5.82 Å². The maximum absolute atomic E-state index is 12.0. The molecule has 1 aromatic heterocycles. The molecule has 1 N–H and O–H groups in total. The van der Waals surface area contributed by atoms with Crippen LogP contribution in [0.1, 0.15) is 40.4 Å². The van der Waals surface area contributed by atoms with Gasteiger partial charge in [-0.3, -0.25) is 0 Å². The molecular formula is C10H18N4O3. The molecule has 0 radical (unpaired) electrons. The summed E-state index contributed by atoms with van der Waals surface area (Å²) in [7, 11) is 0. The fourth-order valence-corrected chi connectivity index (χ4v) is 1.43. The second-order valence-electron chi connectivity index (χ2n) is 4.72. The molecule has 0 aromatic carbocycles. The van der Waals surface area contributed by atoms with Gasteiger partial charge in [-0.25, -0.2) is 9.89 Å². The lowest BCUT2D eigenvalue weighted by molar-refractivity contribution is -0.191. The van der Waals surface area contributed by atoms with Crippen molar-refractivity contribution >= 4 is 5.97 Å². The van der Waals surface area contributed by atoms with E-state index >= 15 is 0 Å². The van der Waals surface area contributed by atoms with Gasteiger partial charge in [0.2, 0.25) is 5.60 Å². The van der Waals surface area contributed by atoms with Crippen molar-refractivity contribution in [2.45, 2.75) is 45.8 Å². The summed E-state index contributed by atoms with van der Waals surface area (Å²) in [5.74, 6) is -0.292. The number of H-pyrrole nitrogens is 1. The first kappa shape index (κ1) is 13.6. The van der Waals surface area contributed by atoms with Crippen LogP contribution in [0, 0.1) is 0 Å². The summed E-state index contributed by atoms with van der Waals surface area (Å²) >= 11 is 0. The van der Waals surface area contributed by atoms with Crippen molar-refractivity contribution in [3.05, 3.63) is 5.82 Å². The third-order valence-corrected chi connectivity index (χ3v) is 1.97. The Hall–Kier alpha value is -1.50. The van der Waals surface area contributed by atoms with Gasteiger partial charge in [-0.05, 0) is 45.0 Å². The Morgan fingerprint density at radius 1 is 1.35 bits per heavy atom. The maximum Gasteiger partial charge on any atom is 0.346 e. The fourth-order valence-electron chi connectivity index (χ4n) is 1.43. The van der Waals surface area contributed by atoms with Crippen molar-refractivity contribution in [2.24, 2.45) is 0 Å². The molecule has 0 aliphatic heterocycles. The molecule has 0 amide bonds. The predicted octanol–water partition coefficient (Wildman–Crippen LogP) is 0.793. The van der Waals surface area contributed by atoms with Gasteiger partial charge in [0.05, 0.1) is 12.2 Å². The number of nitrogens with zero attached hydrogens (tertiary/aromatic N) is 3. The summed E-state index contributed by atoms with van der Waals surface area (Å²) in [4.78, 5) is 12.0. The highest BCUT2D eigenvalue weighted by molar-refractivity contribution is 5.79. The largest absolute Gasteiger partial charge is 0.464 e. The molecule has 0 bridgehead atoms. The minimum Gasteiger partial charge on any atom is -0.464 e. The third kappa shape index (κ3) is 3.23. The molecule has 0 aliphatic carbocycles. The van der Waals surface area contributed by atoms with E-state index in [4.69, 9.17) is 9.47 Å². The Morgan fingerprint density at radius 3 is 2.41 bits per heavy atom. The third-order valence-electron chi connectivity index (χ3n) is 1.97. The molecule has 96 valence electrons. The van der Waals surface area contributed by atoms with Crippen LogP contribution in [0.5, 0.6) is 0 Å². The summed E-state index contributed by atoms with van der Waals surface area (Å²) in [6.07, 6.45) is 0. The number of carbonyl (C=O) groups is 1. The van der Waals surface area contributed by atoms with Crippen LogP contribution in [0.25, 0.3) is 0 Å². The Morgan fingerprint density at radius 2 is 2.00 bits per heavy atom. The average molecular weight is 242 g/mol. The lowest BCUT2D eigenvalue weighted by Crippen LogP contribution is -2.44. The van der Waals surface area contributed by atoms with E-state index < -0.39 is 17.2 Å². The molecule has 1 rings (SSSR count). The highest BCUT2D eigenvalue weighted by atomic mass is 16.6. The van der Waals surface area contributed by atoms with E-state index in [-0.39, 0.29) is 12.4 Å². The van der Waals surface area contributed by atoms with Crippen LogP contribution >= 0.6 is 0 Å². The van der Waals surface area contributed by atoms with Gasteiger partial charge in [0.25, 0.3) is 0 Å². The molecule has 1 unspecified atom stereocenters. The predicted molar refractivity (Wildman–Crippen MR) is 59.0 cm³/mol. The number of ether oxygens (including phenoxy) is 2. The Balaban J connectivity index is 3.05. The monoisotopic (exact) mass is 242 g/mol. The number of hydrogen-bond donors (Lipinski definition) is 1. The summed E-state index contributed by atoms with van der Waals surface area (Å²) in [5.41, 5.74) is -1.87. The molecule has 17 heavy (non-hydrogen) atoms. The van der Waals surface area contributed by atoms with Crippen molar-refractivity contribution in [2.75, 3.05) is 6.61 Å². The quantitative estimate of drug-likeness (QED) is 0.785. The van der Waals surface area contributed by atoms with Crippen LogP contribution in [-0.4, -0.2) is 38.8 Å². The first-order valence-corrected chi connectivity index (χ1v) is 5.41. The van der Waals surface area contributed by atoms with E-state index in [0.717, 1.165) is 0 Å². The van der Waals surface area contributed by atoms with Gasteiger partial charge < -0.3 is 9.47 Å². The standard InChI is InChI=1S/C10H18N4O3/c1-6-16-8(15)10(5,17-9(2,3)4)7-11-13-14-12-7/h6H2,1-5H3,(H,11,12,13,14). The minimum absolute atomic E-state index is 0.228. The number of aromatic amines is 1. The van der Waals surface area contributed by atoms with Crippen molar-refractivity contribution < 1.29 is 14.3 Å². The van der Waals surface area contributed by atoms with Crippen LogP contribution < -0.4 is 0 Å². The smallest absolute Gasteiger partial charge is 0.346 e. The normalized spacial score (nSPS) is 15.4. The van der Waals surface area contributed by atoms with Crippen molar-refractivity contribution in [3.8, 4) is 0 Å². The minimum atomic E-state index is -1.34. The van der Waals surface area contributed by atoms with Gasteiger partial charge >= 0.3 is 5.97 Å². The van der Waals surface area contributed by atoms with Crippen molar-refractivity contribution in [1.82, 2.24) is 20.6 Å². The van der Waals surface area contributed by atoms with E-state index in [0.29, 0.717) is 0 Å². The lowest BCUT2D eigenvalue weighted by atomic mass is 10.0. The number of aromatic nitrogens is 4. The van der Waals surface area contributed by atoms with E-state index in [1.165, 1.54) is 0 Å². The highest BCUT2D eigenvalue weighted by Crippen LogP contribution is 2.29. The first-order chi connectivity index (χ1) is 7.79. The number of rotatable bonds is 4. The van der Waals surface area contributed by atoms with Crippen LogP contribution in [0.15, 0.2) is 0 Å². The van der Waals surface area contributed by atoms with Crippen LogP contribution in [0.2, 0.25) is 0 Å². The van der Waals surface area contributed by atoms with Gasteiger partial charge in [0, 0.05) is 0 Å². The van der Waals surface area contributed by atoms with E-state index in [9.17, 15) is 4.79 Å². The Bertz CT molecular complexity index is 371. The summed E-state index contributed by atoms with van der Waals surface area (Å²) < 4.78 is 10.7. The molecule has 7 heteroatoms. The molecule has 7 nitrogen and oxygen atoms in total. The van der Waals surface area contributed by atoms with Crippen molar-refractivity contribution in [3.63, 3.8) is 0 Å². The van der Waals surface area contributed by atoms with E-state index in [2.05, 4.69) is 20.6 Å². The van der Waals surface area contributed by atoms with Crippen molar-refractivity contribution in [1.29, 1.82) is 0 Å². The highest BCUT2D eigenvalue weighted by Gasteiger charge is 2.44. The number of tetrazole rings is 1. The molecule has 1 heterocycles. The summed E-state index contributed by atoms with van der Waals surface area (Å²) in [5, 5.41) is 13.2. The van der Waals surface area contributed by atoms with Crippen LogP contribution in [-0.2, 0) is 19.9 Å². The molecule has 1 atom stereocenters. The average Bonchev–Trinajstić information content (AvgIpc) is 2.68. The lowest BCUT2D eigenvalue weighted by Gasteiger charge is -2.32. The summed E-state index contributed by atoms with van der Waals surface area (Å²) in [6, 6.07) is 0. The van der Waals surface area contributed by atoms with E-state index in [1.807, 2.05) is 20.8 Å². The molecule has 1 aromatic rings. The zero-order valence-electron chi connectivity index (χ0n) is 10.8. The first-order valence-electron chi connectivity index (χ1n) is 5.41. The number of nitrogens with one attached hydrogen (secondary N) is 1. The maximum atomic E-state index is 12.0. The van der Waals surface area contributed by atoms with Gasteiger partial charge in [-0.1, -0.05) is 0 Å². The Labute approximate surface area is 99.9 Å². The van der Waals surface area contributed by atoms with Gasteiger partial charge in [-0.15, -0.1) is 5.10 Å². The number of esters is 1. The number of carbonyl (C=O) groups excluding carboxylic acids is 1. The molecule has 0 aliphatic rings. The van der Waals surface area contributed by atoms with Gasteiger partial charge in [0.1, 0.15) is 0 Å². The molecule has 0 spiro atoms. The molecule has 0 saturated heterocycles. The zero-order valence-corrected chi connectivity index (χ0v) is 10.8. The summed E-state index contributed by atoms with van der Waals surface area (Å²) in [6.45, 7) is 9.10. The van der Waals surface area contributed by atoms with E-state index in [1.54, 1.807) is 13.8 Å². The second-order valence-corrected chi connectivity index (χ2v) is 4.72. The zero-order chi connectivity index (χ0) is 13.1. The SMILES string of the molecule is CCOC(=O)C(C)(OC(C)(C)C)c1nnn[nH]1. The number of hydrogen-bond acceptors (Lipinski definition) is 6. The topological polar surface area (TPSA) is 90.0 Å². The van der Waals surface area contributed by atoms with Crippen LogP contribution in [0.3, 0.4) is 0 Å². The molecule has 0 fully saturated rings. The molecular weight excluding hydrogens is 224 g/mol. The fraction of sp³-hybridized carbons (Fsp3) is 0.800. The second kappa shape index (κ2) is 4.79. The van der Waals surface area contributed by atoms with Gasteiger partial charge in [-0.2, -0.15) is 0 Å². The Kier molecular flexibility index (Phi) is 3.82. The van der Waals surface area contributed by atoms with Crippen LogP contribution in [0.4, 0.5) is 0 Å². The molecule has 0 saturated carbocycles.